The monoisotopic (exact) mass is 328 g/mol. The Hall–Kier alpha value is -2.34. The summed E-state index contributed by atoms with van der Waals surface area (Å²) < 4.78 is 6.61. The van der Waals surface area contributed by atoms with Crippen LogP contribution in [0.4, 0.5) is 5.69 Å². The molecule has 0 amide bonds. The van der Waals surface area contributed by atoms with Crippen LogP contribution in [0.5, 0.6) is 0 Å². The van der Waals surface area contributed by atoms with Gasteiger partial charge < -0.3 is 16.2 Å². The second-order valence-electron chi connectivity index (χ2n) is 6.23. The van der Waals surface area contributed by atoms with E-state index in [1.54, 1.807) is 4.68 Å². The van der Waals surface area contributed by atoms with Crippen molar-refractivity contribution < 1.29 is 9.53 Å². The number of ether oxygens (including phenoxy) is 1. The molecule has 0 bridgehead atoms. The smallest absolute Gasteiger partial charge is 0.327 e. The molecule has 1 heterocycles. The van der Waals surface area contributed by atoms with E-state index in [0.717, 1.165) is 42.6 Å². The molecule has 1 aliphatic rings. The molecule has 0 saturated heterocycles. The molecule has 4 N–H and O–H groups in total. The zero-order valence-electron chi connectivity index (χ0n) is 14.0. The van der Waals surface area contributed by atoms with Crippen molar-refractivity contribution in [1.82, 2.24) is 9.78 Å². The van der Waals surface area contributed by atoms with E-state index in [-0.39, 0.29) is 12.5 Å². The van der Waals surface area contributed by atoms with E-state index in [4.69, 9.17) is 21.3 Å². The van der Waals surface area contributed by atoms with E-state index in [1.807, 2.05) is 24.3 Å². The molecule has 2 aromatic rings. The predicted molar refractivity (Wildman–Crippen MR) is 93.4 cm³/mol. The number of hydrogen-bond acceptors (Lipinski definition) is 5. The largest absolute Gasteiger partial charge is 0.468 e. The van der Waals surface area contributed by atoms with Gasteiger partial charge in [-0.05, 0) is 50.3 Å². The molecule has 128 valence electrons. The average molecular weight is 328 g/mol. The van der Waals surface area contributed by atoms with Crippen LogP contribution in [0, 0.1) is 0 Å². The zero-order chi connectivity index (χ0) is 17.1. The fourth-order valence-electron chi connectivity index (χ4n) is 3.57. The normalized spacial score (nSPS) is 16.7. The molecule has 3 rings (SSSR count). The Kier molecular flexibility index (Phi) is 4.85. The summed E-state index contributed by atoms with van der Waals surface area (Å²) in [5.41, 5.74) is 16.7. The Balaban J connectivity index is 2.11. The quantitative estimate of drug-likeness (QED) is 0.647. The van der Waals surface area contributed by atoms with Gasteiger partial charge in [0.15, 0.2) is 0 Å². The number of nitrogen functional groups attached to an aromatic ring is 1. The number of fused-ring (bicyclic) bond motifs is 1. The van der Waals surface area contributed by atoms with Gasteiger partial charge in [-0.25, -0.2) is 0 Å². The zero-order valence-corrected chi connectivity index (χ0v) is 14.0. The van der Waals surface area contributed by atoms with Crippen LogP contribution in [0.25, 0.3) is 11.3 Å². The van der Waals surface area contributed by atoms with Gasteiger partial charge in [-0.15, -0.1) is 0 Å². The number of esters is 1. The average Bonchev–Trinajstić information content (AvgIpc) is 2.95. The van der Waals surface area contributed by atoms with Crippen LogP contribution < -0.4 is 11.5 Å². The minimum atomic E-state index is -0.291. The first-order chi connectivity index (χ1) is 11.6. The van der Waals surface area contributed by atoms with Crippen molar-refractivity contribution in [3.63, 3.8) is 0 Å². The standard InChI is InChI=1S/C18H24N4O2/c1-24-16(23)11-22-15-7-3-4-12(8-9-19)17(15)18(21-22)13-5-2-6-14(20)10-13/h2,5-6,10,12H,3-4,7-9,11,19-20H2,1H3. The maximum Gasteiger partial charge on any atom is 0.327 e. The number of carbonyl (C=O) groups is 1. The number of rotatable bonds is 5. The van der Waals surface area contributed by atoms with E-state index < -0.39 is 0 Å². The highest BCUT2D eigenvalue weighted by Gasteiger charge is 2.29. The predicted octanol–water partition coefficient (Wildman–Crippen LogP) is 2.07. The van der Waals surface area contributed by atoms with Crippen LogP contribution in [-0.4, -0.2) is 29.4 Å². The van der Waals surface area contributed by atoms with Crippen molar-refractivity contribution in [3.8, 4) is 11.3 Å². The molecule has 0 aliphatic heterocycles. The topological polar surface area (TPSA) is 96.2 Å². The fourth-order valence-corrected chi connectivity index (χ4v) is 3.57. The van der Waals surface area contributed by atoms with Gasteiger partial charge in [0.2, 0.25) is 0 Å². The first kappa shape index (κ1) is 16.5. The Morgan fingerprint density at radius 2 is 2.29 bits per heavy atom. The Morgan fingerprint density at radius 1 is 1.46 bits per heavy atom. The molecule has 1 aliphatic carbocycles. The van der Waals surface area contributed by atoms with Gasteiger partial charge in [0.25, 0.3) is 0 Å². The summed E-state index contributed by atoms with van der Waals surface area (Å²) in [4.78, 5) is 11.8. The van der Waals surface area contributed by atoms with Gasteiger partial charge in [0.1, 0.15) is 6.54 Å². The molecule has 1 atom stereocenters. The third kappa shape index (κ3) is 3.14. The van der Waals surface area contributed by atoms with E-state index in [9.17, 15) is 4.79 Å². The maximum atomic E-state index is 11.8. The highest BCUT2D eigenvalue weighted by Crippen LogP contribution is 2.40. The first-order valence-electron chi connectivity index (χ1n) is 8.36. The van der Waals surface area contributed by atoms with Crippen LogP contribution >= 0.6 is 0 Å². The third-order valence-electron chi connectivity index (χ3n) is 4.65. The molecule has 24 heavy (non-hydrogen) atoms. The Bertz CT molecular complexity index is 739. The number of nitrogens with zero attached hydrogens (tertiary/aromatic N) is 2. The second kappa shape index (κ2) is 7.05. The van der Waals surface area contributed by atoms with Gasteiger partial charge >= 0.3 is 5.97 Å². The molecule has 1 aromatic carbocycles. The third-order valence-corrected chi connectivity index (χ3v) is 4.65. The van der Waals surface area contributed by atoms with Gasteiger partial charge in [-0.2, -0.15) is 5.10 Å². The highest BCUT2D eigenvalue weighted by atomic mass is 16.5. The molecule has 1 unspecified atom stereocenters. The van der Waals surface area contributed by atoms with Gasteiger partial charge in [0, 0.05) is 22.5 Å². The summed E-state index contributed by atoms with van der Waals surface area (Å²) >= 11 is 0. The molecular weight excluding hydrogens is 304 g/mol. The molecular formula is C18H24N4O2. The van der Waals surface area contributed by atoms with Gasteiger partial charge in [-0.1, -0.05) is 12.1 Å². The van der Waals surface area contributed by atoms with Crippen molar-refractivity contribution in [3.05, 3.63) is 35.5 Å². The van der Waals surface area contributed by atoms with Crippen LogP contribution in [0.2, 0.25) is 0 Å². The van der Waals surface area contributed by atoms with E-state index >= 15 is 0 Å². The second-order valence-corrected chi connectivity index (χ2v) is 6.23. The molecule has 0 radical (unpaired) electrons. The number of methoxy groups -OCH3 is 1. The lowest BCUT2D eigenvalue weighted by Gasteiger charge is -2.23. The lowest BCUT2D eigenvalue weighted by Crippen LogP contribution is -2.19. The van der Waals surface area contributed by atoms with E-state index in [0.29, 0.717) is 18.2 Å². The number of anilines is 1. The molecule has 0 fully saturated rings. The minimum absolute atomic E-state index is 0.135. The summed E-state index contributed by atoms with van der Waals surface area (Å²) in [7, 11) is 1.40. The first-order valence-corrected chi connectivity index (χ1v) is 8.36. The van der Waals surface area contributed by atoms with Crippen LogP contribution in [0.1, 0.15) is 36.4 Å². The highest BCUT2D eigenvalue weighted by molar-refractivity contribution is 5.71. The molecule has 6 nitrogen and oxygen atoms in total. The summed E-state index contributed by atoms with van der Waals surface area (Å²) in [5.74, 6) is 0.0851. The van der Waals surface area contributed by atoms with Crippen LogP contribution in [0.3, 0.4) is 0 Å². The number of carbonyl (C=O) groups excluding carboxylic acids is 1. The van der Waals surface area contributed by atoms with Crippen molar-refractivity contribution in [1.29, 1.82) is 0 Å². The Morgan fingerprint density at radius 3 is 3.00 bits per heavy atom. The summed E-state index contributed by atoms with van der Waals surface area (Å²) in [6.45, 7) is 0.777. The van der Waals surface area contributed by atoms with Crippen LogP contribution in [0.15, 0.2) is 24.3 Å². The summed E-state index contributed by atoms with van der Waals surface area (Å²) in [6.07, 6.45) is 4.03. The molecule has 6 heteroatoms. The number of benzene rings is 1. The molecule has 1 aromatic heterocycles. The fraction of sp³-hybridized carbons (Fsp3) is 0.444. The minimum Gasteiger partial charge on any atom is -0.468 e. The van der Waals surface area contributed by atoms with Gasteiger partial charge in [-0.3, -0.25) is 9.48 Å². The van der Waals surface area contributed by atoms with E-state index in [2.05, 4.69) is 0 Å². The van der Waals surface area contributed by atoms with E-state index in [1.165, 1.54) is 12.7 Å². The Labute approximate surface area is 141 Å². The number of hydrogen-bond donors (Lipinski definition) is 2. The SMILES string of the molecule is COC(=O)Cn1nc(-c2cccc(N)c2)c2c1CCCC2CCN. The van der Waals surface area contributed by atoms with Crippen LogP contribution in [-0.2, 0) is 22.5 Å². The number of nitrogens with two attached hydrogens (primary N) is 2. The lowest BCUT2D eigenvalue weighted by atomic mass is 9.82. The van der Waals surface area contributed by atoms with Crippen molar-refractivity contribution in [2.75, 3.05) is 19.4 Å². The van der Waals surface area contributed by atoms with Crippen molar-refractivity contribution in [2.45, 2.75) is 38.1 Å². The molecule has 0 spiro atoms. The van der Waals surface area contributed by atoms with Crippen molar-refractivity contribution in [2.24, 2.45) is 5.73 Å². The maximum absolute atomic E-state index is 11.8. The summed E-state index contributed by atoms with van der Waals surface area (Å²) in [6, 6.07) is 7.73. The molecule has 0 saturated carbocycles. The van der Waals surface area contributed by atoms with Crippen molar-refractivity contribution >= 4 is 11.7 Å². The number of aromatic nitrogens is 2. The summed E-state index contributed by atoms with van der Waals surface area (Å²) in [5, 5.41) is 4.74. The lowest BCUT2D eigenvalue weighted by molar-refractivity contribution is -0.141. The van der Waals surface area contributed by atoms with Gasteiger partial charge in [0.05, 0.1) is 12.8 Å².